The maximum absolute atomic E-state index is 9.81. The van der Waals surface area contributed by atoms with E-state index < -0.39 is 12.2 Å². The molecule has 0 amide bonds. The lowest BCUT2D eigenvalue weighted by molar-refractivity contribution is 0.0202. The molecule has 1 rings (SSSR count). The number of rotatable bonds is 5. The Bertz CT molecular complexity index is 304. The van der Waals surface area contributed by atoms with Crippen LogP contribution in [0.15, 0.2) is 24.3 Å². The van der Waals surface area contributed by atoms with Gasteiger partial charge in [-0.05, 0) is 18.2 Å². The molecule has 0 aromatic heterocycles. The Morgan fingerprint density at radius 2 is 2.13 bits per heavy atom. The van der Waals surface area contributed by atoms with Crippen LogP contribution < -0.4 is 11.1 Å². The van der Waals surface area contributed by atoms with E-state index in [1.54, 1.807) is 13.1 Å². The lowest BCUT2D eigenvalue weighted by Gasteiger charge is -2.18. The summed E-state index contributed by atoms with van der Waals surface area (Å²) >= 11 is 0. The largest absolute Gasteiger partial charge is 0.389 e. The second-order valence-electron chi connectivity index (χ2n) is 3.52. The van der Waals surface area contributed by atoms with E-state index in [0.29, 0.717) is 18.7 Å². The van der Waals surface area contributed by atoms with Gasteiger partial charge >= 0.3 is 0 Å². The highest BCUT2D eigenvalue weighted by Crippen LogP contribution is 2.17. The van der Waals surface area contributed by atoms with Crippen LogP contribution in [0, 0.1) is 0 Å². The number of likely N-dealkylation sites (N-methyl/N-ethyl adjacent to an activating group) is 1. The molecule has 2 unspecified atom stereocenters. The maximum Gasteiger partial charge on any atom is 0.106 e. The molecule has 0 bridgehead atoms. The molecule has 0 saturated heterocycles. The molecular weight excluding hydrogens is 192 g/mol. The second kappa shape index (κ2) is 5.82. The quantitative estimate of drug-likeness (QED) is 0.541. The highest BCUT2D eigenvalue weighted by Gasteiger charge is 2.17. The third kappa shape index (κ3) is 3.28. The first-order chi connectivity index (χ1) is 7.19. The van der Waals surface area contributed by atoms with E-state index in [-0.39, 0.29) is 0 Å². The molecule has 1 aromatic carbocycles. The van der Waals surface area contributed by atoms with Crippen molar-refractivity contribution in [3.05, 3.63) is 35.4 Å². The van der Waals surface area contributed by atoms with Crippen LogP contribution in [-0.2, 0) is 6.54 Å². The van der Waals surface area contributed by atoms with E-state index >= 15 is 0 Å². The smallest absolute Gasteiger partial charge is 0.106 e. The van der Waals surface area contributed by atoms with Gasteiger partial charge in [0.15, 0.2) is 0 Å². The lowest BCUT2D eigenvalue weighted by Crippen LogP contribution is -2.29. The first-order valence-corrected chi connectivity index (χ1v) is 4.98. The Hall–Kier alpha value is -0.940. The molecule has 2 atom stereocenters. The molecule has 0 aliphatic carbocycles. The summed E-state index contributed by atoms with van der Waals surface area (Å²) in [4.78, 5) is 0. The summed E-state index contributed by atoms with van der Waals surface area (Å²) in [7, 11) is 1.73. The van der Waals surface area contributed by atoms with Gasteiger partial charge in [-0.2, -0.15) is 0 Å². The third-order valence-electron chi connectivity index (χ3n) is 2.31. The third-order valence-corrected chi connectivity index (χ3v) is 2.31. The van der Waals surface area contributed by atoms with Crippen molar-refractivity contribution < 1.29 is 10.2 Å². The van der Waals surface area contributed by atoms with Crippen LogP contribution in [0.4, 0.5) is 0 Å². The van der Waals surface area contributed by atoms with E-state index in [4.69, 9.17) is 5.73 Å². The average Bonchev–Trinajstić information content (AvgIpc) is 2.28. The number of hydrogen-bond donors (Lipinski definition) is 4. The summed E-state index contributed by atoms with van der Waals surface area (Å²) in [6.07, 6.45) is -1.67. The molecule has 0 aliphatic heterocycles. The fourth-order valence-corrected chi connectivity index (χ4v) is 1.45. The van der Waals surface area contributed by atoms with Crippen molar-refractivity contribution in [3.63, 3.8) is 0 Å². The number of nitrogens with two attached hydrogens (primary N) is 1. The summed E-state index contributed by atoms with van der Waals surface area (Å²) in [5.74, 6) is 0. The molecule has 15 heavy (non-hydrogen) atoms. The van der Waals surface area contributed by atoms with E-state index in [1.165, 1.54) is 0 Å². The molecule has 0 fully saturated rings. The highest BCUT2D eigenvalue weighted by molar-refractivity contribution is 5.25. The van der Waals surface area contributed by atoms with Crippen LogP contribution in [0.2, 0.25) is 0 Å². The highest BCUT2D eigenvalue weighted by atomic mass is 16.3. The summed E-state index contributed by atoms with van der Waals surface area (Å²) in [6.45, 7) is 0.788. The van der Waals surface area contributed by atoms with Gasteiger partial charge in [0.1, 0.15) is 6.10 Å². The maximum atomic E-state index is 9.81. The van der Waals surface area contributed by atoms with Gasteiger partial charge in [0.05, 0.1) is 6.10 Å². The Balaban J connectivity index is 2.76. The first kappa shape index (κ1) is 12.1. The normalized spacial score (nSPS) is 14.9. The number of benzene rings is 1. The number of aliphatic hydroxyl groups is 2. The zero-order valence-electron chi connectivity index (χ0n) is 8.85. The molecule has 5 N–H and O–H groups in total. The van der Waals surface area contributed by atoms with Crippen LogP contribution >= 0.6 is 0 Å². The van der Waals surface area contributed by atoms with Crippen LogP contribution in [0.1, 0.15) is 17.2 Å². The van der Waals surface area contributed by atoms with Crippen LogP contribution in [-0.4, -0.2) is 29.9 Å². The van der Waals surface area contributed by atoms with Gasteiger partial charge < -0.3 is 21.3 Å². The Morgan fingerprint density at radius 1 is 1.40 bits per heavy atom. The van der Waals surface area contributed by atoms with E-state index in [1.807, 2.05) is 18.2 Å². The molecule has 0 spiro atoms. The van der Waals surface area contributed by atoms with Crippen molar-refractivity contribution >= 4 is 0 Å². The predicted octanol–water partition coefficient (Wildman–Crippen LogP) is -0.241. The molecule has 0 aliphatic rings. The number of hydrogen-bond acceptors (Lipinski definition) is 4. The molecule has 0 saturated carbocycles. The van der Waals surface area contributed by atoms with Crippen LogP contribution in [0.25, 0.3) is 0 Å². The molecule has 0 heterocycles. The minimum Gasteiger partial charge on any atom is -0.389 e. The molecule has 4 nitrogen and oxygen atoms in total. The molecule has 0 radical (unpaired) electrons. The predicted molar refractivity (Wildman–Crippen MR) is 59.2 cm³/mol. The van der Waals surface area contributed by atoms with Crippen molar-refractivity contribution in [2.24, 2.45) is 5.73 Å². The molecule has 4 heteroatoms. The zero-order chi connectivity index (χ0) is 11.3. The summed E-state index contributed by atoms with van der Waals surface area (Å²) in [5, 5.41) is 22.2. The minimum absolute atomic E-state index is 0.355. The van der Waals surface area contributed by atoms with Gasteiger partial charge in [-0.1, -0.05) is 24.3 Å². The van der Waals surface area contributed by atoms with Gasteiger partial charge in [0.2, 0.25) is 0 Å². The second-order valence-corrected chi connectivity index (χ2v) is 3.52. The minimum atomic E-state index is -0.871. The Kier molecular flexibility index (Phi) is 4.71. The van der Waals surface area contributed by atoms with Crippen molar-refractivity contribution in [2.45, 2.75) is 18.8 Å². The van der Waals surface area contributed by atoms with Crippen molar-refractivity contribution in [2.75, 3.05) is 13.6 Å². The zero-order valence-corrected chi connectivity index (χ0v) is 8.85. The molecule has 84 valence electrons. The van der Waals surface area contributed by atoms with E-state index in [2.05, 4.69) is 5.32 Å². The Morgan fingerprint density at radius 3 is 2.73 bits per heavy atom. The average molecular weight is 210 g/mol. The SMILES string of the molecule is CNCC(O)C(O)c1cccc(CN)c1. The van der Waals surface area contributed by atoms with Crippen molar-refractivity contribution in [1.82, 2.24) is 5.32 Å². The van der Waals surface area contributed by atoms with E-state index in [0.717, 1.165) is 5.56 Å². The van der Waals surface area contributed by atoms with E-state index in [9.17, 15) is 10.2 Å². The fourth-order valence-electron chi connectivity index (χ4n) is 1.45. The monoisotopic (exact) mass is 210 g/mol. The van der Waals surface area contributed by atoms with Crippen LogP contribution in [0.3, 0.4) is 0 Å². The van der Waals surface area contributed by atoms with Crippen molar-refractivity contribution in [1.29, 1.82) is 0 Å². The van der Waals surface area contributed by atoms with Gasteiger partial charge in [0, 0.05) is 13.1 Å². The summed E-state index contributed by atoms with van der Waals surface area (Å²) in [5.41, 5.74) is 7.14. The van der Waals surface area contributed by atoms with Crippen LogP contribution in [0.5, 0.6) is 0 Å². The van der Waals surface area contributed by atoms with Gasteiger partial charge in [-0.25, -0.2) is 0 Å². The summed E-state index contributed by atoms with van der Waals surface area (Å²) in [6, 6.07) is 7.31. The van der Waals surface area contributed by atoms with Gasteiger partial charge in [0.25, 0.3) is 0 Å². The van der Waals surface area contributed by atoms with Gasteiger partial charge in [-0.15, -0.1) is 0 Å². The summed E-state index contributed by atoms with van der Waals surface area (Å²) < 4.78 is 0. The number of aliphatic hydroxyl groups excluding tert-OH is 2. The first-order valence-electron chi connectivity index (χ1n) is 4.98. The van der Waals surface area contributed by atoms with Crippen molar-refractivity contribution in [3.8, 4) is 0 Å². The fraction of sp³-hybridized carbons (Fsp3) is 0.455. The standard InChI is InChI=1S/C11H18N2O2/c1-13-7-10(14)11(15)9-4-2-3-8(5-9)6-12/h2-5,10-11,13-15H,6-7,12H2,1H3. The Labute approximate surface area is 89.7 Å². The number of nitrogens with one attached hydrogen (secondary N) is 1. The lowest BCUT2D eigenvalue weighted by atomic mass is 10.0. The topological polar surface area (TPSA) is 78.5 Å². The van der Waals surface area contributed by atoms with Gasteiger partial charge in [-0.3, -0.25) is 0 Å². The molecular formula is C11H18N2O2. The molecule has 1 aromatic rings.